The van der Waals surface area contributed by atoms with Crippen LogP contribution >= 0.6 is 0 Å². The zero-order chi connectivity index (χ0) is 14.4. The van der Waals surface area contributed by atoms with Crippen LogP contribution in [0.15, 0.2) is 6.07 Å². The maximum Gasteiger partial charge on any atom is 0.341 e. The lowest BCUT2D eigenvalue weighted by molar-refractivity contribution is -0.147. The number of benzene rings is 1. The molecule has 1 aromatic rings. The highest BCUT2D eigenvalue weighted by Crippen LogP contribution is 2.45. The van der Waals surface area contributed by atoms with Crippen LogP contribution in [-0.2, 0) is 10.2 Å². The molecule has 1 fully saturated rings. The number of hydrogen-bond acceptors (Lipinski definition) is 2. The van der Waals surface area contributed by atoms with Crippen LogP contribution in [0.1, 0.15) is 35.2 Å². The van der Waals surface area contributed by atoms with E-state index in [2.05, 4.69) is 0 Å². The van der Waals surface area contributed by atoms with Gasteiger partial charge in [-0.3, -0.25) is 4.79 Å². The number of carboxylic acids is 2. The van der Waals surface area contributed by atoms with Gasteiger partial charge in [0.25, 0.3) is 0 Å². The normalized spacial score (nSPS) is 16.8. The predicted molar refractivity (Wildman–Crippen MR) is 56.4 cm³/mol. The quantitative estimate of drug-likeness (QED) is 0.829. The molecule has 19 heavy (non-hydrogen) atoms. The summed E-state index contributed by atoms with van der Waals surface area (Å²) in [5, 5.41) is 17.7. The van der Waals surface area contributed by atoms with Crippen LogP contribution < -0.4 is 0 Å². The van der Waals surface area contributed by atoms with E-state index in [1.807, 2.05) is 0 Å². The third kappa shape index (κ3) is 1.76. The van der Waals surface area contributed by atoms with Gasteiger partial charge < -0.3 is 10.2 Å². The van der Waals surface area contributed by atoms with Crippen LogP contribution in [0.25, 0.3) is 0 Å². The Hall–Kier alpha value is -2.05. The average Bonchev–Trinajstić information content (AvgIpc) is 2.22. The first-order chi connectivity index (χ1) is 8.81. The van der Waals surface area contributed by atoms with E-state index in [0.29, 0.717) is 12.5 Å². The van der Waals surface area contributed by atoms with Crippen molar-refractivity contribution in [2.24, 2.45) is 0 Å². The second-order valence-corrected chi connectivity index (χ2v) is 4.45. The van der Waals surface area contributed by atoms with Crippen molar-refractivity contribution in [2.75, 3.05) is 0 Å². The molecule has 4 nitrogen and oxygen atoms in total. The lowest BCUT2D eigenvalue weighted by Crippen LogP contribution is -2.43. The number of carbonyl (C=O) groups is 2. The molecule has 0 spiro atoms. The molecule has 0 radical (unpaired) electrons. The van der Waals surface area contributed by atoms with Crippen molar-refractivity contribution in [3.05, 3.63) is 34.6 Å². The summed E-state index contributed by atoms with van der Waals surface area (Å²) in [7, 11) is 0. The van der Waals surface area contributed by atoms with Gasteiger partial charge in [0, 0.05) is 5.56 Å². The minimum atomic E-state index is -1.95. The van der Waals surface area contributed by atoms with E-state index >= 15 is 0 Å². The Labute approximate surface area is 105 Å². The largest absolute Gasteiger partial charge is 0.481 e. The predicted octanol–water partition coefficient (Wildman–Crippen LogP) is 2.31. The summed E-state index contributed by atoms with van der Waals surface area (Å²) in [4.78, 5) is 21.8. The molecule has 0 atom stereocenters. The first-order valence-corrected chi connectivity index (χ1v) is 5.46. The van der Waals surface area contributed by atoms with Gasteiger partial charge in [0.15, 0.2) is 11.6 Å². The summed E-state index contributed by atoms with van der Waals surface area (Å²) >= 11 is 0. The van der Waals surface area contributed by atoms with Crippen molar-refractivity contribution in [1.29, 1.82) is 0 Å². The summed E-state index contributed by atoms with van der Waals surface area (Å²) in [5.74, 6) is -8.28. The number of carboxylic acid groups (broad SMARTS) is 2. The molecule has 0 amide bonds. The van der Waals surface area contributed by atoms with Gasteiger partial charge in [0.05, 0.1) is 5.41 Å². The van der Waals surface area contributed by atoms with E-state index < -0.39 is 45.9 Å². The Morgan fingerprint density at radius 2 is 1.68 bits per heavy atom. The minimum Gasteiger partial charge on any atom is -0.481 e. The van der Waals surface area contributed by atoms with E-state index in [0.717, 1.165) is 0 Å². The molecular formula is C12H9F3O4. The minimum absolute atomic E-state index is 0.0601. The first kappa shape index (κ1) is 13.4. The molecular weight excluding hydrogens is 265 g/mol. The summed E-state index contributed by atoms with van der Waals surface area (Å²) in [6.07, 6.45) is 0.616. The summed E-state index contributed by atoms with van der Waals surface area (Å²) in [6.45, 7) is 0. The van der Waals surface area contributed by atoms with Crippen molar-refractivity contribution in [3.8, 4) is 0 Å². The van der Waals surface area contributed by atoms with Crippen LogP contribution in [0.5, 0.6) is 0 Å². The van der Waals surface area contributed by atoms with E-state index in [1.165, 1.54) is 0 Å². The molecule has 0 aromatic heterocycles. The number of aromatic carboxylic acids is 1. The highest BCUT2D eigenvalue weighted by atomic mass is 19.2. The molecule has 1 aromatic carbocycles. The first-order valence-electron chi connectivity index (χ1n) is 5.46. The molecule has 1 aliphatic carbocycles. The average molecular weight is 274 g/mol. The molecule has 0 heterocycles. The second kappa shape index (κ2) is 4.25. The SMILES string of the molecule is O=C(O)c1c(F)cc(C2(C(=O)O)CCC2)c(F)c1F. The van der Waals surface area contributed by atoms with E-state index in [9.17, 15) is 22.8 Å². The molecule has 0 unspecified atom stereocenters. The van der Waals surface area contributed by atoms with Gasteiger partial charge in [0.2, 0.25) is 0 Å². The van der Waals surface area contributed by atoms with Crippen molar-refractivity contribution in [2.45, 2.75) is 24.7 Å². The van der Waals surface area contributed by atoms with Gasteiger partial charge in [0.1, 0.15) is 11.4 Å². The number of aliphatic carboxylic acids is 1. The van der Waals surface area contributed by atoms with Gasteiger partial charge in [-0.05, 0) is 18.9 Å². The lowest BCUT2D eigenvalue weighted by Gasteiger charge is -2.38. The fourth-order valence-electron chi connectivity index (χ4n) is 2.27. The molecule has 0 aliphatic heterocycles. The zero-order valence-electron chi connectivity index (χ0n) is 9.54. The van der Waals surface area contributed by atoms with Crippen molar-refractivity contribution in [1.82, 2.24) is 0 Å². The summed E-state index contributed by atoms with van der Waals surface area (Å²) in [6, 6.07) is 0.467. The fraction of sp³-hybridized carbons (Fsp3) is 0.333. The van der Waals surface area contributed by atoms with Gasteiger partial charge in [-0.1, -0.05) is 6.42 Å². The van der Waals surface area contributed by atoms with Gasteiger partial charge in [-0.25, -0.2) is 18.0 Å². The Kier molecular flexibility index (Phi) is 3.00. The van der Waals surface area contributed by atoms with Crippen molar-refractivity contribution in [3.63, 3.8) is 0 Å². The molecule has 1 saturated carbocycles. The third-order valence-electron chi connectivity index (χ3n) is 3.50. The lowest BCUT2D eigenvalue weighted by atomic mass is 9.64. The van der Waals surface area contributed by atoms with E-state index in [-0.39, 0.29) is 12.8 Å². The summed E-state index contributed by atoms with van der Waals surface area (Å²) in [5.41, 5.74) is -3.71. The van der Waals surface area contributed by atoms with Gasteiger partial charge >= 0.3 is 11.9 Å². The number of rotatable bonds is 3. The highest BCUT2D eigenvalue weighted by Gasteiger charge is 2.49. The second-order valence-electron chi connectivity index (χ2n) is 4.45. The van der Waals surface area contributed by atoms with Crippen LogP contribution in [0.4, 0.5) is 13.2 Å². The van der Waals surface area contributed by atoms with Crippen LogP contribution in [0.2, 0.25) is 0 Å². The molecule has 1 aliphatic rings. The van der Waals surface area contributed by atoms with Crippen molar-refractivity contribution >= 4 is 11.9 Å². The van der Waals surface area contributed by atoms with E-state index in [4.69, 9.17) is 10.2 Å². The molecule has 0 bridgehead atoms. The van der Waals surface area contributed by atoms with Crippen LogP contribution in [0, 0.1) is 17.5 Å². The maximum atomic E-state index is 13.8. The monoisotopic (exact) mass is 274 g/mol. The smallest absolute Gasteiger partial charge is 0.341 e. The van der Waals surface area contributed by atoms with Crippen molar-refractivity contribution < 1.29 is 33.0 Å². The molecule has 0 saturated heterocycles. The van der Waals surface area contributed by atoms with E-state index in [1.54, 1.807) is 0 Å². The Balaban J connectivity index is 2.67. The topological polar surface area (TPSA) is 74.6 Å². The van der Waals surface area contributed by atoms with Crippen LogP contribution in [-0.4, -0.2) is 22.2 Å². The number of hydrogen-bond donors (Lipinski definition) is 2. The zero-order valence-corrected chi connectivity index (χ0v) is 9.54. The molecule has 2 rings (SSSR count). The maximum absolute atomic E-state index is 13.8. The highest BCUT2D eigenvalue weighted by molar-refractivity contribution is 5.89. The van der Waals surface area contributed by atoms with Gasteiger partial charge in [-0.2, -0.15) is 0 Å². The Morgan fingerprint density at radius 1 is 1.11 bits per heavy atom. The standard InChI is InChI=1S/C12H9F3O4/c13-6-4-5(12(11(18)19)2-1-3-12)8(14)9(15)7(6)10(16)17/h4H,1-3H2,(H,16,17)(H,18,19). The van der Waals surface area contributed by atoms with Crippen LogP contribution in [0.3, 0.4) is 0 Å². The summed E-state index contributed by atoms with van der Waals surface area (Å²) < 4.78 is 40.9. The van der Waals surface area contributed by atoms with Gasteiger partial charge in [-0.15, -0.1) is 0 Å². The Bertz CT molecular complexity index is 579. The Morgan fingerprint density at radius 3 is 2.05 bits per heavy atom. The molecule has 2 N–H and O–H groups in total. The fourth-order valence-corrected chi connectivity index (χ4v) is 2.27. The number of halogens is 3. The third-order valence-corrected chi connectivity index (χ3v) is 3.50. The molecule has 7 heteroatoms. The molecule has 102 valence electrons.